The summed E-state index contributed by atoms with van der Waals surface area (Å²) in [4.78, 5) is 33.9. The Balaban J connectivity index is 1.44. The Kier molecular flexibility index (Phi) is 4.49. The maximum Gasteiger partial charge on any atom is 0.298 e. The van der Waals surface area contributed by atoms with E-state index in [-0.39, 0.29) is 22.0 Å². The lowest BCUT2D eigenvalue weighted by atomic mass is 10.0. The van der Waals surface area contributed by atoms with Gasteiger partial charge in [-0.2, -0.15) is 0 Å². The minimum Gasteiger partial charge on any atom is -0.368 e. The number of rotatable bonds is 6. The first-order valence-corrected chi connectivity index (χ1v) is 11.2. The molecular formula is C28H27FN6O2. The molecule has 0 unspecified atom stereocenters. The first-order chi connectivity index (χ1) is 20.9. The molecule has 0 radical (unpaired) electrons. The Morgan fingerprint density at radius 1 is 0.946 bits per heavy atom. The average Bonchev–Trinajstić information content (AvgIpc) is 3.27. The van der Waals surface area contributed by atoms with Gasteiger partial charge in [-0.15, -0.1) is 0 Å². The van der Waals surface area contributed by atoms with Crippen LogP contribution in [0.3, 0.4) is 0 Å². The Labute approximate surface area is 225 Å². The molecule has 0 atom stereocenters. The summed E-state index contributed by atoms with van der Waals surface area (Å²) in [6.07, 6.45) is 1.26. The van der Waals surface area contributed by atoms with E-state index in [9.17, 15) is 14.0 Å². The van der Waals surface area contributed by atoms with Crippen molar-refractivity contribution in [3.05, 3.63) is 90.3 Å². The van der Waals surface area contributed by atoms with Gasteiger partial charge < -0.3 is 19.7 Å². The quantitative estimate of drug-likeness (QED) is 0.314. The number of nitrogens with one attached hydrogen (secondary N) is 1. The third kappa shape index (κ3) is 5.06. The number of Topliss-reactive ketones (excluding diaryl/α,β-unsaturated/α-hetero) is 1. The fourth-order valence-electron chi connectivity index (χ4n) is 3.74. The van der Waals surface area contributed by atoms with Crippen LogP contribution in [-0.2, 0) is 11.8 Å². The van der Waals surface area contributed by atoms with Gasteiger partial charge in [0.15, 0.2) is 5.82 Å². The van der Waals surface area contributed by atoms with E-state index in [0.717, 1.165) is 23.4 Å². The van der Waals surface area contributed by atoms with Crippen molar-refractivity contribution in [3.63, 3.8) is 0 Å². The molecule has 0 aliphatic carbocycles. The molecule has 1 saturated heterocycles. The number of carbonyl (C=O) groups excluding carboxylic acids is 2. The molecule has 188 valence electrons. The summed E-state index contributed by atoms with van der Waals surface area (Å²) in [5, 5.41) is 2.48. The molecule has 2 aromatic heterocycles. The number of amides is 1. The van der Waals surface area contributed by atoms with Crippen molar-refractivity contribution < 1.29 is 24.9 Å². The number of nitrogens with zero attached hydrogens (tertiary/aromatic N) is 5. The second kappa shape index (κ2) is 10.2. The number of benzene rings is 2. The number of piperazine rings is 1. The third-order valence-corrected chi connectivity index (χ3v) is 5.72. The van der Waals surface area contributed by atoms with Crippen molar-refractivity contribution in [1.82, 2.24) is 14.5 Å². The van der Waals surface area contributed by atoms with Crippen LogP contribution < -0.4 is 15.1 Å². The molecule has 1 amide bonds. The second-order valence-corrected chi connectivity index (χ2v) is 8.12. The largest absolute Gasteiger partial charge is 0.368 e. The van der Waals surface area contributed by atoms with Gasteiger partial charge in [0.1, 0.15) is 5.69 Å². The Bertz CT molecular complexity index is 1740. The molecule has 1 aliphatic heterocycles. The predicted octanol–water partition coefficient (Wildman–Crippen LogP) is 4.08. The molecule has 0 bridgehead atoms. The number of ketones is 1. The van der Waals surface area contributed by atoms with Crippen LogP contribution in [0.2, 0.25) is 0 Å². The molecule has 0 spiro atoms. The topological polar surface area (TPSA) is 83.4 Å². The summed E-state index contributed by atoms with van der Waals surface area (Å²) < 4.78 is 83.8. The minimum absolute atomic E-state index is 0.0924. The number of halogens is 1. The van der Waals surface area contributed by atoms with Crippen LogP contribution in [0.5, 0.6) is 0 Å². The highest BCUT2D eigenvalue weighted by Gasteiger charge is 2.25. The molecule has 9 heteroatoms. The van der Waals surface area contributed by atoms with Crippen molar-refractivity contribution in [2.24, 2.45) is 7.05 Å². The van der Waals surface area contributed by atoms with E-state index in [2.05, 4.69) is 15.3 Å². The van der Waals surface area contributed by atoms with Gasteiger partial charge in [0, 0.05) is 55.7 Å². The lowest BCUT2D eigenvalue weighted by molar-refractivity contribution is -0.112. The maximum atomic E-state index is 13.4. The zero-order valence-corrected chi connectivity index (χ0v) is 19.9. The van der Waals surface area contributed by atoms with Gasteiger partial charge in [0.2, 0.25) is 5.95 Å². The highest BCUT2D eigenvalue weighted by molar-refractivity contribution is 6.47. The van der Waals surface area contributed by atoms with Gasteiger partial charge in [0.05, 0.1) is 23.4 Å². The molecular weight excluding hydrogens is 471 g/mol. The van der Waals surface area contributed by atoms with Crippen molar-refractivity contribution in [2.75, 3.05) is 41.1 Å². The Morgan fingerprint density at radius 3 is 2.22 bits per heavy atom. The van der Waals surface area contributed by atoms with E-state index in [1.165, 1.54) is 12.1 Å². The van der Waals surface area contributed by atoms with E-state index in [1.807, 2.05) is 30.3 Å². The molecule has 2 aromatic carbocycles. The molecule has 37 heavy (non-hydrogen) atoms. The standard InChI is InChI=1S/C28H27FN6O2/c1-19-16-24(20-6-4-3-5-7-20)25(33(19)2)26(36)27(37)32-22-8-10-23(11-9-22)34-12-14-35(15-13-34)28-30-17-21(29)18-31-28/h3-11,16-18H,12-15H2,1-2H3,(H,32,37)/i12D2,13D2,14D2,15D2. The van der Waals surface area contributed by atoms with Crippen LogP contribution in [-0.4, -0.2) is 52.2 Å². The van der Waals surface area contributed by atoms with Crippen molar-refractivity contribution in [1.29, 1.82) is 0 Å². The van der Waals surface area contributed by atoms with Gasteiger partial charge in [-0.3, -0.25) is 9.59 Å². The smallest absolute Gasteiger partial charge is 0.298 e. The van der Waals surface area contributed by atoms with Crippen molar-refractivity contribution in [3.8, 4) is 11.1 Å². The van der Waals surface area contributed by atoms with Crippen LogP contribution >= 0.6 is 0 Å². The van der Waals surface area contributed by atoms with Gasteiger partial charge in [-0.05, 0) is 42.8 Å². The van der Waals surface area contributed by atoms with Gasteiger partial charge in [-0.25, -0.2) is 14.4 Å². The lowest BCUT2D eigenvalue weighted by Gasteiger charge is -2.36. The first-order valence-electron chi connectivity index (χ1n) is 15.2. The maximum absolute atomic E-state index is 13.4. The average molecular weight is 507 g/mol. The fraction of sp³-hybridized carbons (Fsp3) is 0.214. The van der Waals surface area contributed by atoms with Crippen LogP contribution in [0.1, 0.15) is 27.1 Å². The molecule has 1 N–H and O–H groups in total. The monoisotopic (exact) mass is 506 g/mol. The second-order valence-electron chi connectivity index (χ2n) is 8.12. The van der Waals surface area contributed by atoms with Crippen molar-refractivity contribution >= 4 is 29.0 Å². The normalized spacial score (nSPS) is 22.1. The fourth-order valence-corrected chi connectivity index (χ4v) is 3.74. The molecule has 5 rings (SSSR count). The number of aromatic nitrogens is 3. The van der Waals surface area contributed by atoms with Gasteiger partial charge in [-0.1, -0.05) is 30.3 Å². The molecule has 0 saturated carbocycles. The zero-order valence-electron chi connectivity index (χ0n) is 27.9. The van der Waals surface area contributed by atoms with Crippen LogP contribution in [0.4, 0.5) is 21.7 Å². The molecule has 4 aromatic rings. The summed E-state index contributed by atoms with van der Waals surface area (Å²) in [7, 11) is 1.66. The summed E-state index contributed by atoms with van der Waals surface area (Å²) in [5.74, 6) is -3.45. The number of carbonyl (C=O) groups is 2. The van der Waals surface area contributed by atoms with Gasteiger partial charge >= 0.3 is 0 Å². The molecule has 1 aliphatic rings. The molecule has 3 heterocycles. The highest BCUT2D eigenvalue weighted by Crippen LogP contribution is 2.28. The Morgan fingerprint density at radius 2 is 1.57 bits per heavy atom. The van der Waals surface area contributed by atoms with Gasteiger partial charge in [0.25, 0.3) is 11.7 Å². The van der Waals surface area contributed by atoms with Crippen LogP contribution in [0, 0.1) is 12.7 Å². The van der Waals surface area contributed by atoms with E-state index in [1.54, 1.807) is 24.6 Å². The lowest BCUT2D eigenvalue weighted by Crippen LogP contribution is -2.47. The summed E-state index contributed by atoms with van der Waals surface area (Å²) in [6, 6.07) is 15.7. The predicted molar refractivity (Wildman–Crippen MR) is 141 cm³/mol. The van der Waals surface area contributed by atoms with Crippen LogP contribution in [0.25, 0.3) is 11.1 Å². The molecule has 1 fully saturated rings. The minimum atomic E-state index is -3.29. The summed E-state index contributed by atoms with van der Waals surface area (Å²) in [6.45, 7) is -11.3. The van der Waals surface area contributed by atoms with E-state index in [4.69, 9.17) is 11.0 Å². The van der Waals surface area contributed by atoms with E-state index in [0.29, 0.717) is 22.9 Å². The van der Waals surface area contributed by atoms with Crippen LogP contribution in [0.15, 0.2) is 73.1 Å². The first kappa shape index (κ1) is 16.3. The SMILES string of the molecule is [2H]C1([2H])N(c2ccc(NC(=O)C(=O)c3c(-c4ccccc4)cc(C)n3C)cc2)C([2H])([2H])C([2H])([2H])N(c2ncc(F)cn2)C1([2H])[2H]. The Hall–Kier alpha value is -4.53. The van der Waals surface area contributed by atoms with Crippen molar-refractivity contribution in [2.45, 2.75) is 6.92 Å². The number of hydrogen-bond donors (Lipinski definition) is 1. The number of hydrogen-bond acceptors (Lipinski definition) is 6. The number of anilines is 3. The zero-order chi connectivity index (χ0) is 33.1. The van der Waals surface area contributed by atoms with E-state index < -0.39 is 49.4 Å². The van der Waals surface area contributed by atoms with E-state index >= 15 is 0 Å². The third-order valence-electron chi connectivity index (χ3n) is 5.72. The highest BCUT2D eigenvalue weighted by atomic mass is 19.1. The number of aryl methyl sites for hydroxylation is 1. The summed E-state index contributed by atoms with van der Waals surface area (Å²) >= 11 is 0. The molecule has 8 nitrogen and oxygen atoms in total. The summed E-state index contributed by atoms with van der Waals surface area (Å²) in [5.41, 5.74) is 2.06.